The molecule has 0 unspecified atom stereocenters. The van der Waals surface area contributed by atoms with Gasteiger partial charge in [-0.25, -0.2) is 0 Å². The highest BCUT2D eigenvalue weighted by Gasteiger charge is 2.07. The van der Waals surface area contributed by atoms with E-state index in [1.807, 2.05) is 25.2 Å². The minimum absolute atomic E-state index is 0.171. The number of nitrogens with zero attached hydrogens (tertiary/aromatic N) is 2. The highest BCUT2D eigenvalue weighted by Crippen LogP contribution is 2.29. The molecule has 0 spiro atoms. The van der Waals surface area contributed by atoms with Crippen molar-refractivity contribution < 1.29 is 9.84 Å². The third-order valence-electron chi connectivity index (χ3n) is 2.58. The Labute approximate surface area is 99.6 Å². The van der Waals surface area contributed by atoms with Gasteiger partial charge in [-0.15, -0.1) is 0 Å². The predicted molar refractivity (Wildman–Crippen MR) is 65.2 cm³/mol. The third kappa shape index (κ3) is 2.33. The zero-order valence-corrected chi connectivity index (χ0v) is 9.84. The van der Waals surface area contributed by atoms with Crippen LogP contribution in [-0.2, 0) is 13.6 Å². The summed E-state index contributed by atoms with van der Waals surface area (Å²) in [7, 11) is 3.39. The molecule has 5 nitrogen and oxygen atoms in total. The number of ether oxygens (including phenoxy) is 1. The summed E-state index contributed by atoms with van der Waals surface area (Å²) in [6, 6.07) is 7.29. The maximum atomic E-state index is 9.90. The second kappa shape index (κ2) is 4.78. The highest BCUT2D eigenvalue weighted by atomic mass is 16.5. The molecule has 0 aliphatic heterocycles. The van der Waals surface area contributed by atoms with Gasteiger partial charge in [0.05, 0.1) is 13.3 Å². The molecule has 5 heteroatoms. The number of methoxy groups -OCH3 is 1. The van der Waals surface area contributed by atoms with E-state index in [9.17, 15) is 5.11 Å². The standard InChI is InChI=1S/C12H15N3O2/c1-15-11(6-7-14-15)13-8-9-4-3-5-10(17-2)12(9)16/h3-7,13,16H,8H2,1-2H3. The van der Waals surface area contributed by atoms with Gasteiger partial charge in [-0.2, -0.15) is 5.10 Å². The molecule has 0 amide bonds. The predicted octanol–water partition coefficient (Wildman–Crippen LogP) is 1.75. The van der Waals surface area contributed by atoms with Crippen molar-refractivity contribution in [1.29, 1.82) is 0 Å². The number of phenolic OH excluding ortho intramolecular Hbond substituents is 1. The van der Waals surface area contributed by atoms with Crippen LogP contribution in [0.3, 0.4) is 0 Å². The van der Waals surface area contributed by atoms with Crippen LogP contribution in [0.1, 0.15) is 5.56 Å². The van der Waals surface area contributed by atoms with Gasteiger partial charge in [-0.05, 0) is 6.07 Å². The summed E-state index contributed by atoms with van der Waals surface area (Å²) in [6.45, 7) is 0.516. The molecule has 0 aliphatic carbocycles. The van der Waals surface area contributed by atoms with Crippen LogP contribution < -0.4 is 10.1 Å². The molecule has 0 saturated heterocycles. The molecule has 0 atom stereocenters. The largest absolute Gasteiger partial charge is 0.504 e. The van der Waals surface area contributed by atoms with E-state index >= 15 is 0 Å². The second-order valence-electron chi connectivity index (χ2n) is 3.66. The van der Waals surface area contributed by atoms with Crippen molar-refractivity contribution in [3.05, 3.63) is 36.0 Å². The Balaban J connectivity index is 2.12. The number of anilines is 1. The Bertz CT molecular complexity index is 508. The van der Waals surface area contributed by atoms with Gasteiger partial charge in [0.25, 0.3) is 0 Å². The first-order valence-corrected chi connectivity index (χ1v) is 5.29. The number of hydrogen-bond donors (Lipinski definition) is 2. The number of phenols is 1. The number of aromatic hydroxyl groups is 1. The number of rotatable bonds is 4. The normalized spacial score (nSPS) is 10.2. The number of aromatic nitrogens is 2. The second-order valence-corrected chi connectivity index (χ2v) is 3.66. The summed E-state index contributed by atoms with van der Waals surface area (Å²) in [4.78, 5) is 0. The van der Waals surface area contributed by atoms with Crippen molar-refractivity contribution in [3.8, 4) is 11.5 Å². The summed E-state index contributed by atoms with van der Waals surface area (Å²) in [5.74, 6) is 1.55. The Morgan fingerprint density at radius 3 is 2.88 bits per heavy atom. The van der Waals surface area contributed by atoms with E-state index in [-0.39, 0.29) is 5.75 Å². The quantitative estimate of drug-likeness (QED) is 0.844. The fourth-order valence-electron chi connectivity index (χ4n) is 1.61. The van der Waals surface area contributed by atoms with Gasteiger partial charge in [0.2, 0.25) is 0 Å². The van der Waals surface area contributed by atoms with Crippen molar-refractivity contribution in [2.45, 2.75) is 6.54 Å². The van der Waals surface area contributed by atoms with Crippen LogP contribution >= 0.6 is 0 Å². The van der Waals surface area contributed by atoms with E-state index in [1.165, 1.54) is 7.11 Å². The maximum Gasteiger partial charge on any atom is 0.162 e. The number of hydrogen-bond acceptors (Lipinski definition) is 4. The van der Waals surface area contributed by atoms with E-state index in [4.69, 9.17) is 4.74 Å². The zero-order valence-electron chi connectivity index (χ0n) is 9.84. The molecule has 2 N–H and O–H groups in total. The van der Waals surface area contributed by atoms with Crippen LogP contribution in [0.4, 0.5) is 5.82 Å². The van der Waals surface area contributed by atoms with E-state index in [0.29, 0.717) is 12.3 Å². The lowest BCUT2D eigenvalue weighted by Crippen LogP contribution is -2.05. The molecule has 0 fully saturated rings. The van der Waals surface area contributed by atoms with Crippen molar-refractivity contribution in [1.82, 2.24) is 9.78 Å². The van der Waals surface area contributed by atoms with Gasteiger partial charge >= 0.3 is 0 Å². The maximum absolute atomic E-state index is 9.90. The topological polar surface area (TPSA) is 59.3 Å². The van der Waals surface area contributed by atoms with Gasteiger partial charge in [0.1, 0.15) is 5.82 Å². The minimum Gasteiger partial charge on any atom is -0.504 e. The third-order valence-corrected chi connectivity index (χ3v) is 2.58. The lowest BCUT2D eigenvalue weighted by atomic mass is 10.2. The monoisotopic (exact) mass is 233 g/mol. The zero-order chi connectivity index (χ0) is 12.3. The van der Waals surface area contributed by atoms with Crippen molar-refractivity contribution in [2.75, 3.05) is 12.4 Å². The van der Waals surface area contributed by atoms with Gasteiger partial charge in [-0.1, -0.05) is 12.1 Å². The lowest BCUT2D eigenvalue weighted by molar-refractivity contribution is 0.371. The molecule has 17 heavy (non-hydrogen) atoms. The molecule has 2 rings (SSSR count). The lowest BCUT2D eigenvalue weighted by Gasteiger charge is -2.10. The number of nitrogens with one attached hydrogen (secondary N) is 1. The fourth-order valence-corrected chi connectivity index (χ4v) is 1.61. The van der Waals surface area contributed by atoms with E-state index < -0.39 is 0 Å². The Hall–Kier alpha value is -2.17. The molecule has 0 bridgehead atoms. The highest BCUT2D eigenvalue weighted by molar-refractivity contribution is 5.47. The van der Waals surface area contributed by atoms with Crippen LogP contribution in [0.15, 0.2) is 30.5 Å². The number of benzene rings is 1. The van der Waals surface area contributed by atoms with Gasteiger partial charge in [0, 0.05) is 25.2 Å². The molecule has 90 valence electrons. The SMILES string of the molecule is COc1cccc(CNc2ccnn2C)c1O. The average Bonchev–Trinajstić information content (AvgIpc) is 2.74. The Morgan fingerprint density at radius 2 is 2.24 bits per heavy atom. The first-order chi connectivity index (χ1) is 8.22. The van der Waals surface area contributed by atoms with E-state index in [1.54, 1.807) is 16.9 Å². The van der Waals surface area contributed by atoms with E-state index in [0.717, 1.165) is 11.4 Å². The van der Waals surface area contributed by atoms with Gasteiger partial charge in [0.15, 0.2) is 11.5 Å². The number of aryl methyl sites for hydroxylation is 1. The fraction of sp³-hybridized carbons (Fsp3) is 0.250. The average molecular weight is 233 g/mol. The molecule has 1 aromatic carbocycles. The molecule has 1 aromatic heterocycles. The molecule has 0 saturated carbocycles. The first-order valence-electron chi connectivity index (χ1n) is 5.29. The van der Waals surface area contributed by atoms with Crippen molar-refractivity contribution >= 4 is 5.82 Å². The number of para-hydroxylation sites is 1. The van der Waals surface area contributed by atoms with Crippen LogP contribution in [0.25, 0.3) is 0 Å². The molecule has 0 radical (unpaired) electrons. The molecule has 0 aliphatic rings. The molecule has 1 heterocycles. The summed E-state index contributed by atoms with van der Waals surface area (Å²) >= 11 is 0. The summed E-state index contributed by atoms with van der Waals surface area (Å²) in [5.41, 5.74) is 0.783. The van der Waals surface area contributed by atoms with Gasteiger partial charge in [-0.3, -0.25) is 4.68 Å². The Kier molecular flexibility index (Phi) is 3.18. The van der Waals surface area contributed by atoms with Crippen molar-refractivity contribution in [3.63, 3.8) is 0 Å². The summed E-state index contributed by atoms with van der Waals surface area (Å²) < 4.78 is 6.78. The van der Waals surface area contributed by atoms with Crippen LogP contribution in [0, 0.1) is 0 Å². The molecule has 2 aromatic rings. The van der Waals surface area contributed by atoms with Crippen LogP contribution in [0.5, 0.6) is 11.5 Å². The molecular formula is C12H15N3O2. The van der Waals surface area contributed by atoms with Crippen molar-refractivity contribution in [2.24, 2.45) is 7.05 Å². The molecular weight excluding hydrogens is 218 g/mol. The smallest absolute Gasteiger partial charge is 0.162 e. The van der Waals surface area contributed by atoms with Gasteiger partial charge < -0.3 is 15.2 Å². The Morgan fingerprint density at radius 1 is 1.41 bits per heavy atom. The first kappa shape index (κ1) is 11.3. The van der Waals surface area contributed by atoms with Crippen LogP contribution in [0.2, 0.25) is 0 Å². The summed E-state index contributed by atoms with van der Waals surface area (Å²) in [6.07, 6.45) is 1.72. The minimum atomic E-state index is 0.171. The van der Waals surface area contributed by atoms with E-state index in [2.05, 4.69) is 10.4 Å². The van der Waals surface area contributed by atoms with Crippen LogP contribution in [-0.4, -0.2) is 22.0 Å². The summed E-state index contributed by atoms with van der Waals surface area (Å²) in [5, 5.41) is 17.1.